The minimum atomic E-state index is -0.745. The van der Waals surface area contributed by atoms with Crippen molar-refractivity contribution in [3.8, 4) is 0 Å². The van der Waals surface area contributed by atoms with Crippen molar-refractivity contribution in [1.29, 1.82) is 0 Å². The molecule has 1 aliphatic rings. The van der Waals surface area contributed by atoms with Crippen molar-refractivity contribution in [3.63, 3.8) is 0 Å². The van der Waals surface area contributed by atoms with Crippen molar-refractivity contribution in [1.82, 2.24) is 4.31 Å². The average Bonchev–Trinajstić information content (AvgIpc) is 2.40. The first-order valence-corrected chi connectivity index (χ1v) is 4.29. The lowest BCUT2D eigenvalue weighted by Crippen LogP contribution is -2.26. The molecule has 0 bridgehead atoms. The van der Waals surface area contributed by atoms with E-state index in [9.17, 15) is 4.21 Å². The Kier molecular flexibility index (Phi) is 1.65. The van der Waals surface area contributed by atoms with E-state index in [1.54, 1.807) is 0 Å². The van der Waals surface area contributed by atoms with Crippen molar-refractivity contribution in [2.24, 2.45) is 0 Å². The van der Waals surface area contributed by atoms with E-state index in [2.05, 4.69) is 0 Å². The zero-order chi connectivity index (χ0) is 7.07. The Hall–Kier alpha value is 0.110. The molecule has 0 spiro atoms. The zero-order valence-electron chi connectivity index (χ0n) is 6.18. The van der Waals surface area contributed by atoms with E-state index in [4.69, 9.17) is 0 Å². The van der Waals surface area contributed by atoms with Crippen LogP contribution < -0.4 is 0 Å². The Labute approximate surface area is 58.8 Å². The molecule has 0 aromatic heterocycles. The van der Waals surface area contributed by atoms with Crippen molar-refractivity contribution >= 4 is 11.0 Å². The summed E-state index contributed by atoms with van der Waals surface area (Å²) in [6.07, 6.45) is 0. The molecule has 0 N–H and O–H groups in total. The predicted octanol–water partition coefficient (Wildman–Crippen LogP) is 0.764. The van der Waals surface area contributed by atoms with Crippen LogP contribution in [0.25, 0.3) is 0 Å². The molecular weight excluding hydrogens is 134 g/mol. The molecule has 1 rings (SSSR count). The lowest BCUT2D eigenvalue weighted by atomic mass is 10.3. The lowest BCUT2D eigenvalue weighted by molar-refractivity contribution is 0.618. The molecule has 0 amide bonds. The lowest BCUT2D eigenvalue weighted by Gasteiger charge is -2.16. The van der Waals surface area contributed by atoms with Crippen molar-refractivity contribution in [2.45, 2.75) is 25.5 Å². The van der Waals surface area contributed by atoms with Crippen LogP contribution in [0.15, 0.2) is 0 Å². The average molecular weight is 147 g/mol. The summed E-state index contributed by atoms with van der Waals surface area (Å²) in [7, 11) is -0.745. The molecule has 0 aromatic carbocycles. The van der Waals surface area contributed by atoms with Gasteiger partial charge >= 0.3 is 0 Å². The molecule has 0 radical (unpaired) electrons. The van der Waals surface area contributed by atoms with Crippen LogP contribution in [0.2, 0.25) is 0 Å². The summed E-state index contributed by atoms with van der Waals surface area (Å²) in [6, 6.07) is 0. The van der Waals surface area contributed by atoms with Gasteiger partial charge < -0.3 is 0 Å². The van der Waals surface area contributed by atoms with Crippen LogP contribution in [-0.2, 0) is 11.0 Å². The molecule has 0 aromatic rings. The second-order valence-electron chi connectivity index (χ2n) is 3.29. The summed E-state index contributed by atoms with van der Waals surface area (Å²) >= 11 is 0. The van der Waals surface area contributed by atoms with Gasteiger partial charge in [0.15, 0.2) is 0 Å². The first-order valence-electron chi connectivity index (χ1n) is 3.19. The van der Waals surface area contributed by atoms with Crippen molar-refractivity contribution < 1.29 is 4.21 Å². The maximum Gasteiger partial charge on any atom is 0.0998 e. The Balaban J connectivity index is 2.50. The molecule has 54 valence electrons. The Morgan fingerprint density at radius 2 is 1.78 bits per heavy atom. The number of rotatable bonds is 1. The van der Waals surface area contributed by atoms with E-state index >= 15 is 0 Å². The third kappa shape index (κ3) is 1.76. The largest absolute Gasteiger partial charge is 0.242 e. The van der Waals surface area contributed by atoms with Crippen LogP contribution in [0.4, 0.5) is 0 Å². The summed E-state index contributed by atoms with van der Waals surface area (Å²) < 4.78 is 13.2. The summed E-state index contributed by atoms with van der Waals surface area (Å²) in [5, 5.41) is 0. The summed E-state index contributed by atoms with van der Waals surface area (Å²) in [4.78, 5) is 0. The van der Waals surface area contributed by atoms with Crippen molar-refractivity contribution in [2.75, 3.05) is 13.1 Å². The van der Waals surface area contributed by atoms with Gasteiger partial charge in [-0.1, -0.05) is 0 Å². The van der Waals surface area contributed by atoms with Gasteiger partial charge in [-0.3, -0.25) is 0 Å². The predicted molar refractivity (Wildman–Crippen MR) is 39.5 cm³/mol. The second-order valence-corrected chi connectivity index (χ2v) is 5.53. The van der Waals surface area contributed by atoms with Crippen LogP contribution in [0.3, 0.4) is 0 Å². The fourth-order valence-corrected chi connectivity index (χ4v) is 1.78. The smallest absolute Gasteiger partial charge is 0.0998 e. The minimum Gasteiger partial charge on any atom is -0.242 e. The van der Waals surface area contributed by atoms with Gasteiger partial charge in [0, 0.05) is 13.1 Å². The van der Waals surface area contributed by atoms with E-state index in [0.717, 1.165) is 13.1 Å². The van der Waals surface area contributed by atoms with Gasteiger partial charge in [0.05, 0.1) is 15.7 Å². The third-order valence-corrected chi connectivity index (χ3v) is 3.05. The Bertz CT molecular complexity index is 134. The molecule has 0 aliphatic carbocycles. The van der Waals surface area contributed by atoms with E-state index < -0.39 is 11.0 Å². The summed E-state index contributed by atoms with van der Waals surface area (Å²) in [6.45, 7) is 8.04. The monoisotopic (exact) mass is 147 g/mol. The van der Waals surface area contributed by atoms with E-state index in [1.165, 1.54) is 0 Å². The highest BCUT2D eigenvalue weighted by Gasteiger charge is 2.32. The maximum absolute atomic E-state index is 11.3. The van der Waals surface area contributed by atoms with Gasteiger partial charge in [-0.05, 0) is 20.8 Å². The number of hydrogen-bond acceptors (Lipinski definition) is 1. The first-order chi connectivity index (χ1) is 4.02. The van der Waals surface area contributed by atoms with Gasteiger partial charge in [0.2, 0.25) is 0 Å². The first kappa shape index (κ1) is 7.22. The van der Waals surface area contributed by atoms with Crippen LogP contribution in [0.1, 0.15) is 20.8 Å². The van der Waals surface area contributed by atoms with Crippen molar-refractivity contribution in [3.05, 3.63) is 0 Å². The van der Waals surface area contributed by atoms with Crippen LogP contribution in [0, 0.1) is 0 Å². The van der Waals surface area contributed by atoms with Crippen LogP contribution in [0.5, 0.6) is 0 Å². The molecule has 1 atom stereocenters. The number of hydrogen-bond donors (Lipinski definition) is 0. The Morgan fingerprint density at radius 3 is 1.89 bits per heavy atom. The van der Waals surface area contributed by atoms with Gasteiger partial charge in [0.1, 0.15) is 0 Å². The van der Waals surface area contributed by atoms with E-state index in [1.807, 2.05) is 25.1 Å². The summed E-state index contributed by atoms with van der Waals surface area (Å²) in [5.74, 6) is 0. The SMILES string of the molecule is CC(C)(C)[S@@](=O)N1CC1. The maximum atomic E-state index is 11.3. The zero-order valence-corrected chi connectivity index (χ0v) is 6.99. The standard InChI is InChI=1S/C6H13NOS/c1-6(2,3)9(8)7-4-5-7/h4-5H2,1-3H3/t9-/m1/s1. The quantitative estimate of drug-likeness (QED) is 0.501. The van der Waals surface area contributed by atoms with Gasteiger partial charge in [0.25, 0.3) is 0 Å². The van der Waals surface area contributed by atoms with E-state index in [0.29, 0.717) is 0 Å². The molecule has 1 fully saturated rings. The molecule has 9 heavy (non-hydrogen) atoms. The highest BCUT2D eigenvalue weighted by atomic mass is 32.2. The highest BCUT2D eigenvalue weighted by Crippen LogP contribution is 2.20. The number of nitrogens with zero attached hydrogens (tertiary/aromatic N) is 1. The fourth-order valence-electron chi connectivity index (χ4n) is 0.594. The highest BCUT2D eigenvalue weighted by molar-refractivity contribution is 7.84. The fraction of sp³-hybridized carbons (Fsp3) is 1.00. The molecule has 1 heterocycles. The molecule has 3 heteroatoms. The molecule has 1 aliphatic heterocycles. The molecule has 0 saturated carbocycles. The topological polar surface area (TPSA) is 20.1 Å². The van der Waals surface area contributed by atoms with E-state index in [-0.39, 0.29) is 4.75 Å². The second kappa shape index (κ2) is 2.06. The molecule has 2 nitrogen and oxygen atoms in total. The summed E-state index contributed by atoms with van der Waals surface area (Å²) in [5.41, 5.74) is 0. The third-order valence-electron chi connectivity index (χ3n) is 1.16. The minimum absolute atomic E-state index is 0.0590. The van der Waals surface area contributed by atoms with Crippen LogP contribution in [-0.4, -0.2) is 26.4 Å². The Morgan fingerprint density at radius 1 is 1.33 bits per heavy atom. The van der Waals surface area contributed by atoms with Crippen LogP contribution >= 0.6 is 0 Å². The normalized spacial score (nSPS) is 23.9. The molecule has 1 saturated heterocycles. The van der Waals surface area contributed by atoms with Gasteiger partial charge in [-0.2, -0.15) is 0 Å². The molecular formula is C6H13NOS. The van der Waals surface area contributed by atoms with Gasteiger partial charge in [-0.15, -0.1) is 0 Å². The van der Waals surface area contributed by atoms with Gasteiger partial charge in [-0.25, -0.2) is 8.51 Å². The molecule has 0 unspecified atom stereocenters.